The van der Waals surface area contributed by atoms with Crippen molar-refractivity contribution in [3.63, 3.8) is 0 Å². The molecule has 1 unspecified atom stereocenters. The predicted octanol–water partition coefficient (Wildman–Crippen LogP) is 5.39. The fourth-order valence-electron chi connectivity index (χ4n) is 4.73. The molecule has 0 spiro atoms. The number of fused-ring (bicyclic) bond motifs is 1. The third-order valence-corrected chi connectivity index (χ3v) is 8.20. The van der Waals surface area contributed by atoms with Gasteiger partial charge in [-0.05, 0) is 25.5 Å². The summed E-state index contributed by atoms with van der Waals surface area (Å²) in [5.74, 6) is -5.42. The lowest BCUT2D eigenvalue weighted by molar-refractivity contribution is -0.0628. The Morgan fingerprint density at radius 2 is 1.82 bits per heavy atom. The van der Waals surface area contributed by atoms with E-state index in [0.29, 0.717) is 23.2 Å². The summed E-state index contributed by atoms with van der Waals surface area (Å²) in [5.41, 5.74) is -0.397. The van der Waals surface area contributed by atoms with E-state index in [1.54, 1.807) is 18.4 Å². The van der Waals surface area contributed by atoms with Gasteiger partial charge in [-0.15, -0.1) is 11.3 Å². The van der Waals surface area contributed by atoms with Gasteiger partial charge in [0, 0.05) is 55.6 Å². The Balaban J connectivity index is 1.94. The van der Waals surface area contributed by atoms with E-state index in [0.717, 1.165) is 11.3 Å². The Labute approximate surface area is 261 Å². The van der Waals surface area contributed by atoms with Crippen molar-refractivity contribution in [3.8, 4) is 21.8 Å². The summed E-state index contributed by atoms with van der Waals surface area (Å²) in [4.78, 5) is 50.8. The Morgan fingerprint density at radius 3 is 2.44 bits per heavy atom. The fraction of sp³-hybridized carbons (Fsp3) is 0.400. The minimum atomic E-state index is -3.18. The van der Waals surface area contributed by atoms with Crippen LogP contribution in [0.15, 0.2) is 40.9 Å². The monoisotopic (exact) mass is 644 g/mol. The van der Waals surface area contributed by atoms with Crippen LogP contribution < -0.4 is 16.1 Å². The summed E-state index contributed by atoms with van der Waals surface area (Å²) in [6, 6.07) is 1.92. The number of carboxylic acid groups (broad SMARTS) is 1. The molecule has 0 aromatic carbocycles. The van der Waals surface area contributed by atoms with E-state index in [-0.39, 0.29) is 47.2 Å². The third-order valence-electron chi connectivity index (χ3n) is 7.33. The number of nitrogens with one attached hydrogen (secondary N) is 2. The van der Waals surface area contributed by atoms with Crippen molar-refractivity contribution in [1.82, 2.24) is 24.8 Å². The van der Waals surface area contributed by atoms with Gasteiger partial charge in [0.05, 0.1) is 42.0 Å². The van der Waals surface area contributed by atoms with Crippen LogP contribution in [-0.4, -0.2) is 70.6 Å². The van der Waals surface area contributed by atoms with E-state index in [2.05, 4.69) is 25.6 Å². The number of carboxylic acids is 1. The molecule has 1 atom stereocenters. The first-order chi connectivity index (χ1) is 21.5. The molecule has 12 nitrogen and oxygen atoms in total. The van der Waals surface area contributed by atoms with Crippen LogP contribution in [0.2, 0.25) is 0 Å². The number of alkyl halides is 2. The molecule has 0 aliphatic carbocycles. The number of methoxy groups -OCH3 is 2. The van der Waals surface area contributed by atoms with Crippen LogP contribution in [0.1, 0.15) is 49.3 Å². The number of halogens is 2. The predicted molar refractivity (Wildman–Crippen MR) is 166 cm³/mol. The van der Waals surface area contributed by atoms with E-state index >= 15 is 8.78 Å². The Morgan fingerprint density at radius 1 is 1.11 bits per heavy atom. The van der Waals surface area contributed by atoms with Crippen LogP contribution in [0.5, 0.6) is 0 Å². The SMILES string of the molecule is CCNC(=O)Nc1cc(-c2nc(C(F)(F)C(C)CC)cs2)c(-c2cc3c(=O)c(C(=O)O)cn(C(COC)COC)c3cn2)cn1. The Kier molecular flexibility index (Phi) is 10.6. The number of amides is 2. The average Bonchev–Trinajstić information content (AvgIpc) is 3.52. The Hall–Kier alpha value is -4.34. The molecule has 0 radical (unpaired) electrons. The van der Waals surface area contributed by atoms with E-state index in [4.69, 9.17) is 9.47 Å². The number of aromatic nitrogens is 4. The summed E-state index contributed by atoms with van der Waals surface area (Å²) in [6.07, 6.45) is 4.29. The van der Waals surface area contributed by atoms with Gasteiger partial charge in [0.15, 0.2) is 0 Å². The number of ether oxygens (including phenoxy) is 2. The lowest BCUT2D eigenvalue weighted by Crippen LogP contribution is -2.28. The molecule has 15 heteroatoms. The summed E-state index contributed by atoms with van der Waals surface area (Å²) in [6.45, 7) is 5.56. The largest absolute Gasteiger partial charge is 0.477 e. The minimum Gasteiger partial charge on any atom is -0.477 e. The Bertz CT molecular complexity index is 1750. The molecule has 0 bridgehead atoms. The molecule has 240 valence electrons. The average molecular weight is 645 g/mol. The molecule has 45 heavy (non-hydrogen) atoms. The lowest BCUT2D eigenvalue weighted by Gasteiger charge is -2.22. The van der Waals surface area contributed by atoms with Gasteiger partial charge < -0.3 is 24.5 Å². The number of pyridine rings is 3. The van der Waals surface area contributed by atoms with E-state index < -0.39 is 40.9 Å². The zero-order valence-corrected chi connectivity index (χ0v) is 26.2. The number of hydrogen-bond donors (Lipinski definition) is 3. The van der Waals surface area contributed by atoms with Crippen molar-refractivity contribution in [3.05, 3.63) is 57.6 Å². The molecular weight excluding hydrogens is 610 g/mol. The van der Waals surface area contributed by atoms with Gasteiger partial charge in [-0.25, -0.2) is 19.6 Å². The fourth-order valence-corrected chi connectivity index (χ4v) is 5.61. The van der Waals surface area contributed by atoms with E-state index in [1.807, 2.05) is 0 Å². The zero-order valence-electron chi connectivity index (χ0n) is 25.4. The topological polar surface area (TPSA) is 158 Å². The first-order valence-corrected chi connectivity index (χ1v) is 15.0. The molecule has 4 aromatic heterocycles. The van der Waals surface area contributed by atoms with Crippen LogP contribution in [0.4, 0.5) is 19.4 Å². The van der Waals surface area contributed by atoms with Gasteiger partial charge in [0.1, 0.15) is 22.1 Å². The highest BCUT2D eigenvalue weighted by molar-refractivity contribution is 7.13. The maximum Gasteiger partial charge on any atom is 0.341 e. The third kappa shape index (κ3) is 7.00. The van der Waals surface area contributed by atoms with Crippen LogP contribution in [-0.2, 0) is 15.4 Å². The first kappa shape index (κ1) is 33.6. The maximum absolute atomic E-state index is 15.1. The number of urea groups is 1. The van der Waals surface area contributed by atoms with Crippen molar-refractivity contribution >= 4 is 40.1 Å². The highest BCUT2D eigenvalue weighted by atomic mass is 32.1. The minimum absolute atomic E-state index is 0.0516. The van der Waals surface area contributed by atoms with E-state index in [1.165, 1.54) is 57.2 Å². The van der Waals surface area contributed by atoms with Gasteiger partial charge in [-0.2, -0.15) is 8.78 Å². The summed E-state index contributed by atoms with van der Waals surface area (Å²) >= 11 is 0.988. The maximum atomic E-state index is 15.1. The van der Waals surface area contributed by atoms with Crippen LogP contribution in [0.25, 0.3) is 32.7 Å². The standard InChI is InChI=1S/C30H34F2N6O6S/c1-6-16(3)30(31,32)24-15-45-27(36-24)18-9-25(37-29(42)33-7-2)35-10-20(18)22-8-19-23(11-34-22)38(17(13-43-4)14-44-5)12-21(26(19)39)28(40)41/h8-12,15-17H,6-7,13-14H2,1-5H3,(H,40,41)(H2,33,35,37,42). The quantitative estimate of drug-likeness (QED) is 0.173. The number of thiazole rings is 1. The van der Waals surface area contributed by atoms with E-state index in [9.17, 15) is 19.5 Å². The van der Waals surface area contributed by atoms with Crippen LogP contribution >= 0.6 is 11.3 Å². The summed E-state index contributed by atoms with van der Waals surface area (Å²) in [7, 11) is 2.98. The number of hydrogen-bond acceptors (Lipinski definition) is 9. The molecule has 3 N–H and O–H groups in total. The molecule has 0 aliphatic rings. The van der Waals surface area contributed by atoms with Crippen molar-refractivity contribution in [1.29, 1.82) is 0 Å². The molecule has 0 fully saturated rings. The normalized spacial score (nSPS) is 12.4. The lowest BCUT2D eigenvalue weighted by atomic mass is 9.99. The van der Waals surface area contributed by atoms with Crippen molar-refractivity contribution < 1.29 is 33.0 Å². The van der Waals surface area contributed by atoms with Gasteiger partial charge in [0.25, 0.3) is 5.92 Å². The second-order valence-electron chi connectivity index (χ2n) is 10.3. The second-order valence-corrected chi connectivity index (χ2v) is 11.2. The van der Waals surface area contributed by atoms with Gasteiger partial charge >= 0.3 is 12.0 Å². The summed E-state index contributed by atoms with van der Waals surface area (Å²) < 4.78 is 42.4. The number of nitrogens with zero attached hydrogens (tertiary/aromatic N) is 4. The highest BCUT2D eigenvalue weighted by Gasteiger charge is 2.40. The number of carbonyl (C=O) groups is 2. The molecule has 0 saturated carbocycles. The van der Waals surface area contributed by atoms with Gasteiger partial charge in [0.2, 0.25) is 5.43 Å². The first-order valence-electron chi connectivity index (χ1n) is 14.1. The van der Waals surface area contributed by atoms with Crippen molar-refractivity contribution in [2.75, 3.05) is 39.3 Å². The number of rotatable bonds is 13. The smallest absolute Gasteiger partial charge is 0.341 e. The molecule has 4 heterocycles. The number of carbonyl (C=O) groups excluding carboxylic acids is 1. The summed E-state index contributed by atoms with van der Waals surface area (Å²) in [5, 5.41) is 16.6. The van der Waals surface area contributed by atoms with Crippen molar-refractivity contribution in [2.45, 2.75) is 39.2 Å². The molecule has 4 rings (SSSR count). The molecular formula is C30H34F2N6O6S. The molecule has 4 aromatic rings. The highest BCUT2D eigenvalue weighted by Crippen LogP contribution is 2.41. The van der Waals surface area contributed by atoms with Gasteiger partial charge in [-0.1, -0.05) is 13.8 Å². The molecule has 0 aliphatic heterocycles. The zero-order chi connectivity index (χ0) is 32.9. The van der Waals surface area contributed by atoms with Crippen LogP contribution in [0.3, 0.4) is 0 Å². The number of anilines is 1. The second kappa shape index (κ2) is 14.2. The van der Waals surface area contributed by atoms with Gasteiger partial charge in [-0.3, -0.25) is 15.1 Å². The van der Waals surface area contributed by atoms with Crippen molar-refractivity contribution in [2.24, 2.45) is 5.92 Å². The molecule has 0 saturated heterocycles. The molecule has 2 amide bonds. The van der Waals surface area contributed by atoms with Crippen LogP contribution in [0, 0.1) is 5.92 Å². The number of aromatic carboxylic acids is 1.